The lowest BCUT2D eigenvalue weighted by Gasteiger charge is -2.25. The van der Waals surface area contributed by atoms with Crippen molar-refractivity contribution >= 4 is 5.91 Å². The number of halogens is 1. The third-order valence-electron chi connectivity index (χ3n) is 5.84. The first-order chi connectivity index (χ1) is 12.0. The highest BCUT2D eigenvalue weighted by Gasteiger charge is 2.48. The van der Waals surface area contributed by atoms with E-state index in [4.69, 9.17) is 0 Å². The fourth-order valence-electron chi connectivity index (χ4n) is 4.36. The Morgan fingerprint density at radius 1 is 1.24 bits per heavy atom. The molecular weight excluding hydrogens is 317 g/mol. The van der Waals surface area contributed by atoms with Gasteiger partial charge in [0.2, 0.25) is 5.91 Å². The molecule has 1 saturated carbocycles. The van der Waals surface area contributed by atoms with Crippen LogP contribution in [0.15, 0.2) is 24.3 Å². The molecule has 2 aliphatic rings. The largest absolute Gasteiger partial charge is 0.335 e. The molecule has 1 aliphatic heterocycles. The first kappa shape index (κ1) is 16.3. The minimum Gasteiger partial charge on any atom is -0.335 e. The highest BCUT2D eigenvalue weighted by molar-refractivity contribution is 5.83. The molecule has 3 unspecified atom stereocenters. The Bertz CT molecular complexity index is 811. The minimum absolute atomic E-state index is 0.0448. The summed E-state index contributed by atoms with van der Waals surface area (Å²) >= 11 is 0. The smallest absolute Gasteiger partial charge is 0.226 e. The summed E-state index contributed by atoms with van der Waals surface area (Å²) in [5.41, 5.74) is 4.46. The van der Waals surface area contributed by atoms with Gasteiger partial charge in [-0.3, -0.25) is 9.48 Å². The number of nitrogens with zero attached hydrogens (tertiary/aromatic N) is 3. The van der Waals surface area contributed by atoms with E-state index in [-0.39, 0.29) is 29.6 Å². The lowest BCUT2D eigenvalue weighted by atomic mass is 10.0. The molecule has 5 heteroatoms. The Morgan fingerprint density at radius 2 is 1.96 bits per heavy atom. The van der Waals surface area contributed by atoms with E-state index in [1.54, 1.807) is 0 Å². The van der Waals surface area contributed by atoms with Gasteiger partial charge in [0.1, 0.15) is 5.82 Å². The van der Waals surface area contributed by atoms with Crippen LogP contribution in [0.4, 0.5) is 4.39 Å². The Morgan fingerprint density at radius 3 is 2.60 bits per heavy atom. The van der Waals surface area contributed by atoms with E-state index < -0.39 is 0 Å². The molecule has 2 heterocycles. The highest BCUT2D eigenvalue weighted by atomic mass is 19.1. The predicted octanol–water partition coefficient (Wildman–Crippen LogP) is 3.64. The summed E-state index contributed by atoms with van der Waals surface area (Å²) < 4.78 is 15.0. The van der Waals surface area contributed by atoms with Gasteiger partial charge in [-0.1, -0.05) is 12.1 Å². The van der Waals surface area contributed by atoms with E-state index in [0.717, 1.165) is 42.8 Å². The van der Waals surface area contributed by atoms with Crippen molar-refractivity contribution < 1.29 is 9.18 Å². The van der Waals surface area contributed by atoms with Crippen molar-refractivity contribution in [2.45, 2.75) is 45.1 Å². The van der Waals surface area contributed by atoms with Gasteiger partial charge in [-0.15, -0.1) is 0 Å². The van der Waals surface area contributed by atoms with Crippen molar-refractivity contribution in [3.05, 3.63) is 52.6 Å². The first-order valence-corrected chi connectivity index (χ1v) is 9.03. The van der Waals surface area contributed by atoms with Gasteiger partial charge < -0.3 is 4.90 Å². The number of carbonyl (C=O) groups excluding carboxylic acids is 1. The second kappa shape index (κ2) is 5.97. The number of rotatable bonds is 3. The molecule has 0 radical (unpaired) electrons. The molecule has 4 nitrogen and oxygen atoms in total. The molecule has 1 aliphatic carbocycles. The van der Waals surface area contributed by atoms with Gasteiger partial charge in [0.25, 0.3) is 0 Å². The standard InChI is InChI=1S/C20H24FN3O/c1-12-19(13(2)23(3)22-12)18-5-4-10-24(18)20(25)17-11-16(17)14-6-8-15(21)9-7-14/h6-9,16-18H,4-5,10-11H2,1-3H3. The van der Waals surface area contributed by atoms with E-state index in [2.05, 4.69) is 16.9 Å². The van der Waals surface area contributed by atoms with Crippen LogP contribution < -0.4 is 0 Å². The molecule has 0 spiro atoms. The van der Waals surface area contributed by atoms with E-state index in [0.29, 0.717) is 0 Å². The third-order valence-corrected chi connectivity index (χ3v) is 5.84. The second-order valence-electron chi connectivity index (χ2n) is 7.40. The Kier molecular flexibility index (Phi) is 3.89. The van der Waals surface area contributed by atoms with Gasteiger partial charge in [-0.25, -0.2) is 4.39 Å². The van der Waals surface area contributed by atoms with Crippen LogP contribution in [0, 0.1) is 25.6 Å². The van der Waals surface area contributed by atoms with Crippen molar-refractivity contribution in [3.63, 3.8) is 0 Å². The van der Waals surface area contributed by atoms with E-state index in [1.165, 1.54) is 17.7 Å². The van der Waals surface area contributed by atoms with Gasteiger partial charge in [0, 0.05) is 30.8 Å². The molecule has 25 heavy (non-hydrogen) atoms. The van der Waals surface area contributed by atoms with Crippen molar-refractivity contribution in [3.8, 4) is 0 Å². The van der Waals surface area contributed by atoms with Gasteiger partial charge in [-0.2, -0.15) is 5.10 Å². The zero-order valence-corrected chi connectivity index (χ0v) is 15.0. The molecule has 3 atom stereocenters. The van der Waals surface area contributed by atoms with Crippen LogP contribution in [0.25, 0.3) is 0 Å². The third kappa shape index (κ3) is 2.75. The SMILES string of the molecule is Cc1nn(C)c(C)c1C1CCCN1C(=O)C1CC1c1ccc(F)cc1. The molecule has 0 N–H and O–H groups in total. The maximum absolute atomic E-state index is 13.1. The number of aryl methyl sites for hydroxylation is 2. The number of hydrogen-bond acceptors (Lipinski definition) is 2. The van der Waals surface area contributed by atoms with E-state index in [9.17, 15) is 9.18 Å². The maximum atomic E-state index is 13.1. The summed E-state index contributed by atoms with van der Waals surface area (Å²) in [4.78, 5) is 15.2. The van der Waals surface area contributed by atoms with Crippen molar-refractivity contribution in [1.82, 2.24) is 14.7 Å². The number of amides is 1. The number of benzene rings is 1. The Hall–Kier alpha value is -2.17. The maximum Gasteiger partial charge on any atom is 0.226 e. The lowest BCUT2D eigenvalue weighted by Crippen LogP contribution is -2.32. The molecule has 132 valence electrons. The quantitative estimate of drug-likeness (QED) is 0.855. The molecule has 0 bridgehead atoms. The summed E-state index contributed by atoms with van der Waals surface area (Å²) in [6.45, 7) is 4.93. The molecule has 1 saturated heterocycles. The first-order valence-electron chi connectivity index (χ1n) is 9.03. The Balaban J connectivity index is 1.53. The van der Waals surface area contributed by atoms with Crippen molar-refractivity contribution in [2.24, 2.45) is 13.0 Å². The fourth-order valence-corrected chi connectivity index (χ4v) is 4.36. The number of likely N-dealkylation sites (tertiary alicyclic amines) is 1. The van der Waals surface area contributed by atoms with Crippen LogP contribution in [0.5, 0.6) is 0 Å². The monoisotopic (exact) mass is 341 g/mol. The van der Waals surface area contributed by atoms with Crippen LogP contribution in [0.1, 0.15) is 53.7 Å². The molecule has 4 rings (SSSR count). The van der Waals surface area contributed by atoms with E-state index >= 15 is 0 Å². The van der Waals surface area contributed by atoms with Crippen LogP contribution >= 0.6 is 0 Å². The number of hydrogen-bond donors (Lipinski definition) is 0. The average molecular weight is 341 g/mol. The zero-order chi connectivity index (χ0) is 17.7. The van der Waals surface area contributed by atoms with Crippen LogP contribution in [0.3, 0.4) is 0 Å². The molecule has 2 aromatic rings. The predicted molar refractivity (Wildman–Crippen MR) is 93.6 cm³/mol. The minimum atomic E-state index is -0.227. The van der Waals surface area contributed by atoms with Gasteiger partial charge in [0.15, 0.2) is 0 Å². The van der Waals surface area contributed by atoms with Crippen LogP contribution in [-0.4, -0.2) is 27.1 Å². The normalized spacial score (nSPS) is 25.4. The van der Waals surface area contributed by atoms with Gasteiger partial charge in [-0.05, 0) is 56.7 Å². The molecule has 1 amide bonds. The molecule has 1 aromatic carbocycles. The summed E-state index contributed by atoms with van der Waals surface area (Å²) in [6.07, 6.45) is 2.92. The van der Waals surface area contributed by atoms with Crippen LogP contribution in [-0.2, 0) is 11.8 Å². The van der Waals surface area contributed by atoms with Crippen molar-refractivity contribution in [2.75, 3.05) is 6.54 Å². The summed E-state index contributed by atoms with van der Waals surface area (Å²) in [5.74, 6) is 0.308. The lowest BCUT2D eigenvalue weighted by molar-refractivity contribution is -0.133. The summed E-state index contributed by atoms with van der Waals surface area (Å²) in [5, 5.41) is 4.52. The molecular formula is C20H24FN3O. The number of carbonyl (C=O) groups is 1. The van der Waals surface area contributed by atoms with Crippen molar-refractivity contribution in [1.29, 1.82) is 0 Å². The fraction of sp³-hybridized carbons (Fsp3) is 0.500. The molecule has 1 aromatic heterocycles. The second-order valence-corrected chi connectivity index (χ2v) is 7.40. The Labute approximate surface area is 147 Å². The van der Waals surface area contributed by atoms with E-state index in [1.807, 2.05) is 30.8 Å². The average Bonchev–Trinajstić information content (AvgIpc) is 3.17. The van der Waals surface area contributed by atoms with Gasteiger partial charge in [0.05, 0.1) is 11.7 Å². The van der Waals surface area contributed by atoms with Crippen LogP contribution in [0.2, 0.25) is 0 Å². The number of aromatic nitrogens is 2. The molecule has 2 fully saturated rings. The summed E-state index contributed by atoms with van der Waals surface area (Å²) in [7, 11) is 1.96. The van der Waals surface area contributed by atoms with Gasteiger partial charge >= 0.3 is 0 Å². The zero-order valence-electron chi connectivity index (χ0n) is 15.0. The highest BCUT2D eigenvalue weighted by Crippen LogP contribution is 2.50. The summed E-state index contributed by atoms with van der Waals surface area (Å²) in [6, 6.07) is 6.73. The topological polar surface area (TPSA) is 38.1 Å².